The summed E-state index contributed by atoms with van der Waals surface area (Å²) in [5.41, 5.74) is 2.99. The van der Waals surface area contributed by atoms with Crippen LogP contribution in [0.4, 0.5) is 11.4 Å². The molecular formula is C15H17N3O. The summed E-state index contributed by atoms with van der Waals surface area (Å²) in [5.74, 6) is -0.0640. The number of aromatic nitrogens is 1. The first-order valence-corrected chi connectivity index (χ1v) is 6.19. The highest BCUT2D eigenvalue weighted by Gasteiger charge is 2.04. The van der Waals surface area contributed by atoms with Crippen molar-refractivity contribution in [2.45, 2.75) is 19.9 Å². The molecule has 1 heterocycles. The van der Waals surface area contributed by atoms with Gasteiger partial charge in [0.15, 0.2) is 0 Å². The molecule has 1 aromatic carbocycles. The number of hydrogen-bond donors (Lipinski definition) is 2. The van der Waals surface area contributed by atoms with Gasteiger partial charge < -0.3 is 10.6 Å². The van der Waals surface area contributed by atoms with Crippen LogP contribution in [0.1, 0.15) is 25.5 Å². The van der Waals surface area contributed by atoms with E-state index >= 15 is 0 Å². The molecule has 1 aromatic heterocycles. The summed E-state index contributed by atoms with van der Waals surface area (Å²) in [6.07, 6.45) is 3.57. The Morgan fingerprint density at radius 2 is 1.63 bits per heavy atom. The van der Waals surface area contributed by atoms with Gasteiger partial charge in [0, 0.05) is 36.7 Å². The molecule has 2 aromatic rings. The number of pyridine rings is 1. The minimum atomic E-state index is -0.0640. The molecule has 0 saturated heterocycles. The molecule has 0 aliphatic rings. The number of carbonyl (C=O) groups excluding carboxylic acids is 1. The molecule has 19 heavy (non-hydrogen) atoms. The zero-order valence-corrected chi connectivity index (χ0v) is 11.1. The van der Waals surface area contributed by atoms with E-state index in [4.69, 9.17) is 0 Å². The molecule has 0 fully saturated rings. The Morgan fingerprint density at radius 1 is 1.05 bits per heavy atom. The number of benzene rings is 1. The second kappa shape index (κ2) is 6.00. The summed E-state index contributed by atoms with van der Waals surface area (Å²) in [5, 5.41) is 6.14. The van der Waals surface area contributed by atoms with Gasteiger partial charge >= 0.3 is 0 Å². The molecule has 98 valence electrons. The van der Waals surface area contributed by atoms with Crippen molar-refractivity contribution in [1.82, 2.24) is 4.98 Å². The Balaban J connectivity index is 2.01. The first kappa shape index (κ1) is 13.1. The Labute approximate surface area is 112 Å². The molecule has 0 radical (unpaired) electrons. The largest absolute Gasteiger partial charge is 0.379 e. The fraction of sp³-hybridized carbons (Fsp3) is 0.200. The van der Waals surface area contributed by atoms with Crippen LogP contribution < -0.4 is 10.6 Å². The maximum Gasteiger partial charge on any atom is 0.221 e. The summed E-state index contributed by atoms with van der Waals surface area (Å²) < 4.78 is 0. The first-order chi connectivity index (χ1) is 9.15. The number of anilines is 2. The fourth-order valence-electron chi connectivity index (χ4n) is 1.84. The lowest BCUT2D eigenvalue weighted by molar-refractivity contribution is -0.114. The third-order valence-corrected chi connectivity index (χ3v) is 2.79. The van der Waals surface area contributed by atoms with Crippen LogP contribution in [-0.4, -0.2) is 10.9 Å². The molecule has 2 rings (SSSR count). The maximum absolute atomic E-state index is 10.9. The van der Waals surface area contributed by atoms with Crippen molar-refractivity contribution in [3.63, 3.8) is 0 Å². The highest BCUT2D eigenvalue weighted by Crippen LogP contribution is 2.20. The number of rotatable bonds is 4. The van der Waals surface area contributed by atoms with E-state index in [1.165, 1.54) is 12.5 Å². The molecule has 0 aliphatic heterocycles. The third-order valence-electron chi connectivity index (χ3n) is 2.79. The minimum absolute atomic E-state index is 0.0640. The van der Waals surface area contributed by atoms with E-state index in [1.807, 2.05) is 36.4 Å². The Bertz CT molecular complexity index is 537. The van der Waals surface area contributed by atoms with Crippen molar-refractivity contribution >= 4 is 17.3 Å². The van der Waals surface area contributed by atoms with E-state index in [1.54, 1.807) is 12.4 Å². The molecule has 1 amide bonds. The van der Waals surface area contributed by atoms with Crippen molar-refractivity contribution in [2.24, 2.45) is 0 Å². The summed E-state index contributed by atoms with van der Waals surface area (Å²) in [6, 6.07) is 11.8. The highest BCUT2D eigenvalue weighted by atomic mass is 16.1. The van der Waals surface area contributed by atoms with E-state index in [9.17, 15) is 4.79 Å². The highest BCUT2D eigenvalue weighted by molar-refractivity contribution is 5.88. The van der Waals surface area contributed by atoms with Gasteiger partial charge in [0.1, 0.15) is 0 Å². The molecule has 0 bridgehead atoms. The van der Waals surface area contributed by atoms with Crippen molar-refractivity contribution in [3.05, 3.63) is 54.4 Å². The summed E-state index contributed by atoms with van der Waals surface area (Å²) in [7, 11) is 0. The second-order valence-corrected chi connectivity index (χ2v) is 4.41. The molecule has 4 heteroatoms. The topological polar surface area (TPSA) is 54.0 Å². The van der Waals surface area contributed by atoms with Gasteiger partial charge in [-0.1, -0.05) is 0 Å². The van der Waals surface area contributed by atoms with Crippen LogP contribution >= 0.6 is 0 Å². The number of carbonyl (C=O) groups is 1. The van der Waals surface area contributed by atoms with Crippen molar-refractivity contribution in [2.75, 3.05) is 10.6 Å². The quantitative estimate of drug-likeness (QED) is 0.882. The first-order valence-electron chi connectivity index (χ1n) is 6.19. The molecule has 4 nitrogen and oxygen atoms in total. The Morgan fingerprint density at radius 3 is 2.21 bits per heavy atom. The number of amides is 1. The molecule has 1 unspecified atom stereocenters. The Kier molecular flexibility index (Phi) is 4.13. The van der Waals surface area contributed by atoms with E-state index < -0.39 is 0 Å². The van der Waals surface area contributed by atoms with Gasteiger partial charge in [0.2, 0.25) is 5.91 Å². The van der Waals surface area contributed by atoms with Crippen LogP contribution in [0.25, 0.3) is 0 Å². The molecule has 1 atom stereocenters. The smallest absolute Gasteiger partial charge is 0.221 e. The van der Waals surface area contributed by atoms with Gasteiger partial charge in [0.05, 0.1) is 0 Å². The number of hydrogen-bond acceptors (Lipinski definition) is 3. The second-order valence-electron chi connectivity index (χ2n) is 4.41. The molecule has 0 aliphatic carbocycles. The van der Waals surface area contributed by atoms with E-state index in [0.717, 1.165) is 11.4 Å². The van der Waals surface area contributed by atoms with Gasteiger partial charge in [-0.2, -0.15) is 0 Å². The van der Waals surface area contributed by atoms with Crippen LogP contribution in [0.2, 0.25) is 0 Å². The van der Waals surface area contributed by atoms with Crippen molar-refractivity contribution < 1.29 is 4.79 Å². The van der Waals surface area contributed by atoms with Crippen LogP contribution in [0.15, 0.2) is 48.8 Å². The number of nitrogens with one attached hydrogen (secondary N) is 2. The minimum Gasteiger partial charge on any atom is -0.379 e. The zero-order valence-electron chi connectivity index (χ0n) is 11.1. The van der Waals surface area contributed by atoms with Gasteiger partial charge in [-0.25, -0.2) is 0 Å². The van der Waals surface area contributed by atoms with Crippen LogP contribution in [-0.2, 0) is 4.79 Å². The normalized spacial score (nSPS) is 11.7. The standard InChI is InChI=1S/C15H17N3O/c1-11(13-7-9-16-10-8-13)17-14-3-5-15(6-4-14)18-12(2)19/h3-11,17H,1-2H3,(H,18,19). The van der Waals surface area contributed by atoms with Crippen molar-refractivity contribution in [3.8, 4) is 0 Å². The molecular weight excluding hydrogens is 238 g/mol. The van der Waals surface area contributed by atoms with Gasteiger partial charge in [0.25, 0.3) is 0 Å². The van der Waals surface area contributed by atoms with Crippen molar-refractivity contribution in [1.29, 1.82) is 0 Å². The van der Waals surface area contributed by atoms with E-state index in [0.29, 0.717) is 0 Å². The lowest BCUT2D eigenvalue weighted by Crippen LogP contribution is -2.08. The SMILES string of the molecule is CC(=O)Nc1ccc(NC(C)c2ccncc2)cc1. The average Bonchev–Trinajstić information content (AvgIpc) is 2.41. The van der Waals surface area contributed by atoms with Gasteiger partial charge in [-0.15, -0.1) is 0 Å². The molecule has 2 N–H and O–H groups in total. The predicted octanol–water partition coefficient (Wildman–Crippen LogP) is 3.21. The van der Waals surface area contributed by atoms with Crippen LogP contribution in [0.3, 0.4) is 0 Å². The molecule has 0 saturated carbocycles. The maximum atomic E-state index is 10.9. The van der Waals surface area contributed by atoms with Crippen LogP contribution in [0.5, 0.6) is 0 Å². The monoisotopic (exact) mass is 255 g/mol. The summed E-state index contributed by atoms with van der Waals surface area (Å²) >= 11 is 0. The predicted molar refractivity (Wildman–Crippen MR) is 77.0 cm³/mol. The van der Waals surface area contributed by atoms with E-state index in [2.05, 4.69) is 22.5 Å². The lowest BCUT2D eigenvalue weighted by Gasteiger charge is -2.15. The summed E-state index contributed by atoms with van der Waals surface area (Å²) in [6.45, 7) is 3.59. The third kappa shape index (κ3) is 3.81. The zero-order chi connectivity index (χ0) is 13.7. The van der Waals surface area contributed by atoms with E-state index in [-0.39, 0.29) is 11.9 Å². The van der Waals surface area contributed by atoms with Crippen LogP contribution in [0, 0.1) is 0 Å². The van der Waals surface area contributed by atoms with Gasteiger partial charge in [-0.05, 0) is 48.9 Å². The molecule has 0 spiro atoms. The summed E-state index contributed by atoms with van der Waals surface area (Å²) in [4.78, 5) is 14.9. The Hall–Kier alpha value is -2.36. The van der Waals surface area contributed by atoms with Gasteiger partial charge in [-0.3, -0.25) is 9.78 Å². The average molecular weight is 255 g/mol. The fourth-order valence-corrected chi connectivity index (χ4v) is 1.84. The number of nitrogens with zero attached hydrogens (tertiary/aromatic N) is 1. The lowest BCUT2D eigenvalue weighted by atomic mass is 10.1.